The van der Waals surface area contributed by atoms with Gasteiger partial charge >= 0.3 is 5.97 Å². The number of nitrogens with zero attached hydrogens (tertiary/aromatic N) is 1. The lowest BCUT2D eigenvalue weighted by atomic mass is 10.1. The Labute approximate surface area is 166 Å². The Morgan fingerprint density at radius 2 is 1.66 bits per heavy atom. The van der Waals surface area contributed by atoms with Crippen molar-refractivity contribution in [3.05, 3.63) is 65.5 Å². The van der Waals surface area contributed by atoms with E-state index < -0.39 is 41.5 Å². The van der Waals surface area contributed by atoms with Crippen LogP contribution in [0.1, 0.15) is 18.1 Å². The Bertz CT molecular complexity index is 857. The second kappa shape index (κ2) is 10.3. The van der Waals surface area contributed by atoms with Gasteiger partial charge < -0.3 is 15.4 Å². The quantitative estimate of drug-likeness (QED) is 0.646. The maximum atomic E-state index is 13.2. The summed E-state index contributed by atoms with van der Waals surface area (Å²) in [4.78, 5) is 40.4. The third-order valence-corrected chi connectivity index (χ3v) is 4.05. The van der Waals surface area contributed by atoms with Crippen molar-refractivity contribution in [1.82, 2.24) is 15.6 Å². The lowest BCUT2D eigenvalue weighted by Gasteiger charge is -2.20. The standard InChI is InChI=1S/C20H21F2N3O4/c1-12(24-18(26)10-14-7-15(21)11-16(22)8-14)19(27)25-17(20(28)29-2)9-13-3-5-23-6-4-13/h3-8,11-12,17H,9-10H2,1-2H3,(H,24,26)(H,25,27)/t12-,17-/m0/s1. The molecule has 0 saturated heterocycles. The van der Waals surface area contributed by atoms with E-state index in [1.807, 2.05) is 0 Å². The predicted molar refractivity (Wildman–Crippen MR) is 99.6 cm³/mol. The molecule has 0 radical (unpaired) electrons. The maximum Gasteiger partial charge on any atom is 0.328 e. The van der Waals surface area contributed by atoms with Crippen LogP contribution in [0.2, 0.25) is 0 Å². The predicted octanol–water partition coefficient (Wildman–Crippen LogP) is 1.31. The van der Waals surface area contributed by atoms with Crippen molar-refractivity contribution in [1.29, 1.82) is 0 Å². The molecule has 2 aromatic rings. The highest BCUT2D eigenvalue weighted by molar-refractivity contribution is 5.91. The van der Waals surface area contributed by atoms with E-state index in [1.165, 1.54) is 14.0 Å². The Balaban J connectivity index is 1.95. The second-order valence-corrected chi connectivity index (χ2v) is 6.39. The van der Waals surface area contributed by atoms with Crippen LogP contribution >= 0.6 is 0 Å². The van der Waals surface area contributed by atoms with Gasteiger partial charge in [0.25, 0.3) is 0 Å². The maximum absolute atomic E-state index is 13.2. The number of pyridine rings is 1. The van der Waals surface area contributed by atoms with Crippen molar-refractivity contribution in [2.75, 3.05) is 7.11 Å². The van der Waals surface area contributed by atoms with Gasteiger partial charge in [0.15, 0.2) is 0 Å². The number of amides is 2. The summed E-state index contributed by atoms with van der Waals surface area (Å²) in [6.07, 6.45) is 3.00. The van der Waals surface area contributed by atoms with E-state index in [9.17, 15) is 23.2 Å². The summed E-state index contributed by atoms with van der Waals surface area (Å²) in [5.41, 5.74) is 0.901. The fraction of sp³-hybridized carbons (Fsp3) is 0.300. The number of ether oxygens (including phenoxy) is 1. The van der Waals surface area contributed by atoms with Crippen molar-refractivity contribution < 1.29 is 27.9 Å². The summed E-state index contributed by atoms with van der Waals surface area (Å²) in [7, 11) is 1.21. The van der Waals surface area contributed by atoms with Crippen molar-refractivity contribution >= 4 is 17.8 Å². The zero-order valence-corrected chi connectivity index (χ0v) is 15.9. The molecule has 0 saturated carbocycles. The average molecular weight is 405 g/mol. The van der Waals surface area contributed by atoms with Crippen LogP contribution in [0.5, 0.6) is 0 Å². The van der Waals surface area contributed by atoms with Gasteiger partial charge in [-0.2, -0.15) is 0 Å². The van der Waals surface area contributed by atoms with E-state index in [0.717, 1.165) is 17.7 Å². The molecule has 2 rings (SSSR count). The monoisotopic (exact) mass is 405 g/mol. The smallest absolute Gasteiger partial charge is 0.328 e. The topological polar surface area (TPSA) is 97.4 Å². The Hall–Kier alpha value is -3.36. The van der Waals surface area contributed by atoms with Gasteiger partial charge in [0.1, 0.15) is 23.7 Å². The summed E-state index contributed by atoms with van der Waals surface area (Å²) in [6.45, 7) is 1.43. The number of rotatable bonds is 8. The number of nitrogens with one attached hydrogen (secondary N) is 2. The van der Waals surface area contributed by atoms with E-state index >= 15 is 0 Å². The second-order valence-electron chi connectivity index (χ2n) is 6.39. The molecule has 2 amide bonds. The summed E-state index contributed by atoms with van der Waals surface area (Å²) >= 11 is 0. The minimum atomic E-state index is -0.981. The van der Waals surface area contributed by atoms with Gasteiger partial charge in [-0.3, -0.25) is 14.6 Å². The van der Waals surface area contributed by atoms with Gasteiger partial charge in [-0.25, -0.2) is 13.6 Å². The number of carbonyl (C=O) groups excluding carboxylic acids is 3. The van der Waals surface area contributed by atoms with Gasteiger partial charge in [-0.05, 0) is 42.3 Å². The van der Waals surface area contributed by atoms with Crippen LogP contribution in [0, 0.1) is 11.6 Å². The number of hydrogen-bond acceptors (Lipinski definition) is 5. The minimum absolute atomic E-state index is 0.137. The lowest BCUT2D eigenvalue weighted by molar-refractivity contribution is -0.145. The van der Waals surface area contributed by atoms with Crippen molar-refractivity contribution in [3.8, 4) is 0 Å². The highest BCUT2D eigenvalue weighted by Gasteiger charge is 2.25. The number of methoxy groups -OCH3 is 1. The fourth-order valence-corrected chi connectivity index (χ4v) is 2.64. The third-order valence-electron chi connectivity index (χ3n) is 4.05. The number of aromatic nitrogens is 1. The van der Waals surface area contributed by atoms with Crippen LogP contribution in [0.25, 0.3) is 0 Å². The van der Waals surface area contributed by atoms with Crippen molar-refractivity contribution in [2.24, 2.45) is 0 Å². The minimum Gasteiger partial charge on any atom is -0.467 e. The molecule has 2 atom stereocenters. The third kappa shape index (κ3) is 6.95. The first kappa shape index (κ1) is 21.9. The number of benzene rings is 1. The highest BCUT2D eigenvalue weighted by Crippen LogP contribution is 2.09. The Morgan fingerprint density at radius 3 is 2.24 bits per heavy atom. The van der Waals surface area contributed by atoms with Gasteiger partial charge in [-0.1, -0.05) is 0 Å². The molecule has 0 bridgehead atoms. The number of halogens is 2. The summed E-state index contributed by atoms with van der Waals surface area (Å²) in [5, 5.41) is 4.97. The molecule has 0 aliphatic carbocycles. The number of esters is 1. The molecule has 9 heteroatoms. The van der Waals surface area contributed by atoms with Crippen molar-refractivity contribution in [3.63, 3.8) is 0 Å². The van der Waals surface area contributed by atoms with Crippen LogP contribution in [0.4, 0.5) is 8.78 Å². The highest BCUT2D eigenvalue weighted by atomic mass is 19.1. The molecular weight excluding hydrogens is 384 g/mol. The lowest BCUT2D eigenvalue weighted by Crippen LogP contribution is -2.51. The molecule has 0 unspecified atom stereocenters. The van der Waals surface area contributed by atoms with E-state index in [0.29, 0.717) is 6.07 Å². The van der Waals surface area contributed by atoms with Crippen LogP contribution in [-0.2, 0) is 32.0 Å². The van der Waals surface area contributed by atoms with Crippen molar-refractivity contribution in [2.45, 2.75) is 31.8 Å². The molecule has 2 N–H and O–H groups in total. The van der Waals surface area contributed by atoms with E-state index in [1.54, 1.807) is 24.5 Å². The first-order chi connectivity index (χ1) is 13.8. The molecule has 0 aliphatic heterocycles. The summed E-state index contributed by atoms with van der Waals surface area (Å²) < 4.78 is 31.2. The van der Waals surface area contributed by atoms with E-state index in [-0.39, 0.29) is 18.4 Å². The van der Waals surface area contributed by atoms with Gasteiger partial charge in [0.2, 0.25) is 11.8 Å². The van der Waals surface area contributed by atoms with Gasteiger partial charge in [0, 0.05) is 24.9 Å². The van der Waals surface area contributed by atoms with Crippen LogP contribution in [0.15, 0.2) is 42.7 Å². The molecule has 1 aromatic heterocycles. The zero-order valence-electron chi connectivity index (χ0n) is 15.9. The van der Waals surface area contributed by atoms with E-state index in [4.69, 9.17) is 4.74 Å². The fourth-order valence-electron chi connectivity index (χ4n) is 2.64. The first-order valence-corrected chi connectivity index (χ1v) is 8.80. The molecule has 154 valence electrons. The normalized spacial score (nSPS) is 12.6. The molecule has 0 fully saturated rings. The molecule has 0 spiro atoms. The Kier molecular flexibility index (Phi) is 7.76. The largest absolute Gasteiger partial charge is 0.467 e. The van der Waals surface area contributed by atoms with Crippen LogP contribution in [-0.4, -0.2) is 42.0 Å². The molecule has 1 aromatic carbocycles. The van der Waals surface area contributed by atoms with E-state index in [2.05, 4.69) is 15.6 Å². The zero-order chi connectivity index (χ0) is 21.4. The average Bonchev–Trinajstić information content (AvgIpc) is 2.66. The molecular formula is C20H21F2N3O4. The summed E-state index contributed by atoms with van der Waals surface area (Å²) in [6, 6.07) is 4.24. The van der Waals surface area contributed by atoms with Gasteiger partial charge in [0.05, 0.1) is 13.5 Å². The number of carbonyl (C=O) groups is 3. The molecule has 29 heavy (non-hydrogen) atoms. The Morgan fingerprint density at radius 1 is 1.03 bits per heavy atom. The van der Waals surface area contributed by atoms with Crippen LogP contribution in [0.3, 0.4) is 0 Å². The van der Waals surface area contributed by atoms with Crippen LogP contribution < -0.4 is 10.6 Å². The number of hydrogen-bond donors (Lipinski definition) is 2. The molecule has 7 nitrogen and oxygen atoms in total. The summed E-state index contributed by atoms with van der Waals surface area (Å²) in [5.74, 6) is -3.43. The molecule has 1 heterocycles. The first-order valence-electron chi connectivity index (χ1n) is 8.80. The molecule has 0 aliphatic rings. The SMILES string of the molecule is COC(=O)[C@H](Cc1ccncc1)NC(=O)[C@H](C)NC(=O)Cc1cc(F)cc(F)c1. The van der Waals surface area contributed by atoms with Gasteiger partial charge in [-0.15, -0.1) is 0 Å².